The maximum absolute atomic E-state index is 11.6. The summed E-state index contributed by atoms with van der Waals surface area (Å²) in [4.78, 5) is 15.9. The molecule has 1 saturated heterocycles. The third-order valence-corrected chi connectivity index (χ3v) is 7.05. The van der Waals surface area contributed by atoms with E-state index in [1.807, 2.05) is 24.3 Å². The number of aromatic carboxylic acids is 1. The van der Waals surface area contributed by atoms with Crippen LogP contribution in [0.15, 0.2) is 59.3 Å². The molecule has 0 spiro atoms. The van der Waals surface area contributed by atoms with Gasteiger partial charge >= 0.3 is 5.97 Å². The van der Waals surface area contributed by atoms with Crippen molar-refractivity contribution in [2.24, 2.45) is 0 Å². The van der Waals surface area contributed by atoms with Crippen LogP contribution in [-0.4, -0.2) is 35.9 Å². The Bertz CT molecular complexity index is 1130. The Morgan fingerprint density at radius 1 is 1.06 bits per heavy atom. The molecule has 184 valence electrons. The normalized spacial score (nSPS) is 20.2. The van der Waals surface area contributed by atoms with E-state index in [0.717, 1.165) is 24.2 Å². The summed E-state index contributed by atoms with van der Waals surface area (Å²) in [5.74, 6) is 0.884. The molecule has 1 aliphatic heterocycles. The van der Waals surface area contributed by atoms with E-state index < -0.39 is 11.6 Å². The lowest BCUT2D eigenvalue weighted by Crippen LogP contribution is -2.29. The van der Waals surface area contributed by atoms with Crippen molar-refractivity contribution in [3.8, 4) is 11.6 Å². The fourth-order valence-corrected chi connectivity index (χ4v) is 5.35. The Balaban J connectivity index is 1.17. The van der Waals surface area contributed by atoms with E-state index in [0.29, 0.717) is 43.6 Å². The summed E-state index contributed by atoms with van der Waals surface area (Å²) in [6, 6.07) is 13.9. The summed E-state index contributed by atoms with van der Waals surface area (Å²) in [6.07, 6.45) is 10.4. The van der Waals surface area contributed by atoms with Crippen LogP contribution in [0.3, 0.4) is 0 Å². The fourth-order valence-electron chi connectivity index (χ4n) is 5.35. The molecule has 3 heterocycles. The van der Waals surface area contributed by atoms with E-state index in [4.69, 9.17) is 18.6 Å². The van der Waals surface area contributed by atoms with Gasteiger partial charge in [-0.05, 0) is 67.0 Å². The molecule has 1 unspecified atom stereocenters. The number of ether oxygens (including phenoxy) is 3. The van der Waals surface area contributed by atoms with Gasteiger partial charge in [0.1, 0.15) is 24.6 Å². The number of carboxylic acids is 1. The second kappa shape index (κ2) is 10.5. The van der Waals surface area contributed by atoms with Crippen molar-refractivity contribution < 1.29 is 28.5 Å². The predicted octanol–water partition coefficient (Wildman–Crippen LogP) is 5.74. The van der Waals surface area contributed by atoms with E-state index in [9.17, 15) is 9.90 Å². The summed E-state index contributed by atoms with van der Waals surface area (Å²) in [6.45, 7) is 1.36. The Labute approximate surface area is 205 Å². The van der Waals surface area contributed by atoms with E-state index in [1.54, 1.807) is 12.3 Å². The molecule has 1 N–H and O–H groups in total. The SMILES string of the molecule is O=C(O)c1occc1C1(Cc2ccnc(OCCOc3ccc(C4CCCC4)cc3)c2)CCCO1. The lowest BCUT2D eigenvalue weighted by Gasteiger charge is -2.28. The van der Waals surface area contributed by atoms with Crippen molar-refractivity contribution in [3.63, 3.8) is 0 Å². The van der Waals surface area contributed by atoms with Gasteiger partial charge < -0.3 is 23.7 Å². The quantitative estimate of drug-likeness (QED) is 0.373. The van der Waals surface area contributed by atoms with Gasteiger partial charge in [0.2, 0.25) is 11.6 Å². The van der Waals surface area contributed by atoms with Crippen LogP contribution in [0.5, 0.6) is 11.6 Å². The molecule has 5 rings (SSSR count). The zero-order valence-electron chi connectivity index (χ0n) is 19.8. The van der Waals surface area contributed by atoms with Gasteiger partial charge in [0.05, 0.1) is 6.26 Å². The molecule has 2 aliphatic rings. The van der Waals surface area contributed by atoms with E-state index >= 15 is 0 Å². The van der Waals surface area contributed by atoms with Gasteiger partial charge in [-0.3, -0.25) is 0 Å². The first-order valence-corrected chi connectivity index (χ1v) is 12.4. The fraction of sp³-hybridized carbons (Fsp3) is 0.429. The van der Waals surface area contributed by atoms with E-state index in [2.05, 4.69) is 17.1 Å². The number of benzene rings is 1. The molecule has 1 atom stereocenters. The first kappa shape index (κ1) is 23.4. The number of pyridine rings is 1. The monoisotopic (exact) mass is 477 g/mol. The second-order valence-electron chi connectivity index (χ2n) is 9.34. The summed E-state index contributed by atoms with van der Waals surface area (Å²) >= 11 is 0. The number of hydrogen-bond acceptors (Lipinski definition) is 6. The lowest BCUT2D eigenvalue weighted by atomic mass is 9.85. The minimum absolute atomic E-state index is 0.0640. The van der Waals surface area contributed by atoms with Gasteiger partial charge in [-0.1, -0.05) is 25.0 Å². The molecule has 0 bridgehead atoms. The third kappa shape index (κ3) is 5.35. The van der Waals surface area contributed by atoms with E-state index in [-0.39, 0.29) is 5.76 Å². The molecular weight excluding hydrogens is 446 g/mol. The van der Waals surface area contributed by atoms with Gasteiger partial charge in [0.25, 0.3) is 0 Å². The summed E-state index contributed by atoms with van der Waals surface area (Å²) in [7, 11) is 0. The lowest BCUT2D eigenvalue weighted by molar-refractivity contribution is -0.00172. The highest BCUT2D eigenvalue weighted by Crippen LogP contribution is 2.41. The molecule has 1 aliphatic carbocycles. The second-order valence-corrected chi connectivity index (χ2v) is 9.34. The van der Waals surface area contributed by atoms with Gasteiger partial charge in [-0.15, -0.1) is 0 Å². The molecule has 1 aromatic carbocycles. The Kier molecular flexibility index (Phi) is 7.04. The minimum atomic E-state index is -1.09. The highest BCUT2D eigenvalue weighted by molar-refractivity contribution is 5.86. The molecule has 2 fully saturated rings. The molecule has 35 heavy (non-hydrogen) atoms. The van der Waals surface area contributed by atoms with Crippen molar-refractivity contribution in [2.45, 2.75) is 56.5 Å². The van der Waals surface area contributed by atoms with Crippen molar-refractivity contribution in [1.29, 1.82) is 0 Å². The maximum atomic E-state index is 11.6. The molecule has 1 saturated carbocycles. The summed E-state index contributed by atoms with van der Waals surface area (Å²) in [5.41, 5.74) is 2.21. The van der Waals surface area contributed by atoms with Crippen LogP contribution in [-0.2, 0) is 16.8 Å². The standard InChI is InChI=1S/C28H31NO6/c30-27(31)26-24(11-15-34-26)28(12-3-14-35-28)19-20-10-13-29-25(18-20)33-17-16-32-23-8-6-22(7-9-23)21-4-1-2-5-21/h6-11,13,15,18,21H,1-5,12,14,16-17,19H2,(H,30,31). The first-order valence-electron chi connectivity index (χ1n) is 12.4. The van der Waals surface area contributed by atoms with Crippen LogP contribution >= 0.6 is 0 Å². The highest BCUT2D eigenvalue weighted by Gasteiger charge is 2.41. The number of nitrogens with zero attached hydrogens (tertiary/aromatic N) is 1. The zero-order chi connectivity index (χ0) is 24.1. The van der Waals surface area contributed by atoms with Crippen LogP contribution < -0.4 is 9.47 Å². The zero-order valence-corrected chi connectivity index (χ0v) is 19.8. The van der Waals surface area contributed by atoms with Crippen LogP contribution in [0.1, 0.15) is 71.7 Å². The Morgan fingerprint density at radius 3 is 2.60 bits per heavy atom. The maximum Gasteiger partial charge on any atom is 0.372 e. The molecule has 0 amide bonds. The van der Waals surface area contributed by atoms with Gasteiger partial charge in [0.15, 0.2) is 0 Å². The van der Waals surface area contributed by atoms with Crippen LogP contribution in [0, 0.1) is 0 Å². The smallest absolute Gasteiger partial charge is 0.372 e. The number of hydrogen-bond donors (Lipinski definition) is 1. The van der Waals surface area contributed by atoms with Crippen LogP contribution in [0.2, 0.25) is 0 Å². The molecule has 7 nitrogen and oxygen atoms in total. The number of carbonyl (C=O) groups is 1. The average molecular weight is 478 g/mol. The Hall–Kier alpha value is -3.32. The van der Waals surface area contributed by atoms with Crippen LogP contribution in [0.25, 0.3) is 0 Å². The largest absolute Gasteiger partial charge is 0.490 e. The summed E-state index contributed by atoms with van der Waals surface area (Å²) in [5, 5.41) is 9.51. The van der Waals surface area contributed by atoms with Gasteiger partial charge in [0, 0.05) is 30.9 Å². The average Bonchev–Trinajstić information content (AvgIpc) is 3.65. The minimum Gasteiger partial charge on any atom is -0.490 e. The highest BCUT2D eigenvalue weighted by atomic mass is 16.5. The van der Waals surface area contributed by atoms with Gasteiger partial charge in [-0.2, -0.15) is 0 Å². The first-order chi connectivity index (χ1) is 17.1. The topological polar surface area (TPSA) is 91.0 Å². The van der Waals surface area contributed by atoms with Crippen molar-refractivity contribution >= 4 is 5.97 Å². The third-order valence-electron chi connectivity index (χ3n) is 7.05. The molecule has 0 radical (unpaired) electrons. The van der Waals surface area contributed by atoms with Crippen molar-refractivity contribution in [1.82, 2.24) is 4.98 Å². The molecule has 3 aromatic rings. The molecule has 2 aromatic heterocycles. The van der Waals surface area contributed by atoms with E-state index in [1.165, 1.54) is 37.5 Å². The summed E-state index contributed by atoms with van der Waals surface area (Å²) < 4.78 is 23.0. The van der Waals surface area contributed by atoms with Crippen LogP contribution in [0.4, 0.5) is 0 Å². The number of carboxylic acid groups (broad SMARTS) is 1. The van der Waals surface area contributed by atoms with Crippen molar-refractivity contribution in [3.05, 3.63) is 77.4 Å². The predicted molar refractivity (Wildman–Crippen MR) is 129 cm³/mol. The number of furan rings is 1. The Morgan fingerprint density at radius 2 is 1.86 bits per heavy atom. The van der Waals surface area contributed by atoms with Crippen molar-refractivity contribution in [2.75, 3.05) is 19.8 Å². The van der Waals surface area contributed by atoms with Gasteiger partial charge in [-0.25, -0.2) is 9.78 Å². The number of aromatic nitrogens is 1. The number of rotatable bonds is 10. The molecular formula is C28H31NO6. The molecule has 7 heteroatoms.